The van der Waals surface area contributed by atoms with E-state index in [1.54, 1.807) is 24.3 Å². The van der Waals surface area contributed by atoms with Gasteiger partial charge in [-0.3, -0.25) is 5.43 Å². The topological polar surface area (TPSA) is 89.0 Å². The van der Waals surface area contributed by atoms with E-state index in [2.05, 4.69) is 27.6 Å². The van der Waals surface area contributed by atoms with Crippen molar-refractivity contribution in [1.29, 1.82) is 5.26 Å². The molecular weight excluding hydrogens is 254 g/mol. The predicted molar refractivity (Wildman–Crippen MR) is 67.6 cm³/mol. The summed E-state index contributed by atoms with van der Waals surface area (Å²) in [5.41, 5.74) is 6.27. The molecule has 0 aromatic heterocycles. The van der Waals surface area contributed by atoms with Gasteiger partial charge in [0.1, 0.15) is 6.17 Å². The highest BCUT2D eigenvalue weighted by Crippen LogP contribution is 2.13. The third kappa shape index (κ3) is 3.11. The van der Waals surface area contributed by atoms with Crippen LogP contribution < -0.4 is 21.5 Å². The van der Waals surface area contributed by atoms with Crippen LogP contribution in [0, 0.1) is 17.2 Å². The first-order valence-corrected chi connectivity index (χ1v) is 5.78. The Morgan fingerprint density at radius 3 is 2.83 bits per heavy atom. The largest absolute Gasteiger partial charge is 0.320 e. The first-order valence-electron chi connectivity index (χ1n) is 5.40. The van der Waals surface area contributed by atoms with Crippen LogP contribution in [0.1, 0.15) is 0 Å². The van der Waals surface area contributed by atoms with Crippen molar-refractivity contribution < 1.29 is 4.79 Å². The van der Waals surface area contributed by atoms with E-state index in [1.807, 2.05) is 0 Å². The summed E-state index contributed by atoms with van der Waals surface area (Å²) in [7, 11) is 0. The first-order chi connectivity index (χ1) is 8.69. The number of nitrogens with zero attached hydrogens (tertiary/aromatic N) is 1. The zero-order chi connectivity index (χ0) is 13.0. The van der Waals surface area contributed by atoms with Gasteiger partial charge in [-0.2, -0.15) is 5.26 Å². The van der Waals surface area contributed by atoms with Gasteiger partial charge < -0.3 is 10.6 Å². The molecule has 1 saturated heterocycles. The van der Waals surface area contributed by atoms with Gasteiger partial charge in [0, 0.05) is 17.3 Å². The fourth-order valence-electron chi connectivity index (χ4n) is 1.60. The number of halogens is 1. The number of hydrogen-bond donors (Lipinski definition) is 4. The van der Waals surface area contributed by atoms with Crippen LogP contribution in [0.3, 0.4) is 0 Å². The van der Waals surface area contributed by atoms with Crippen LogP contribution in [0.25, 0.3) is 0 Å². The molecule has 2 rings (SSSR count). The van der Waals surface area contributed by atoms with E-state index in [1.165, 1.54) is 0 Å². The summed E-state index contributed by atoms with van der Waals surface area (Å²) in [5.74, 6) is -0.291. The van der Waals surface area contributed by atoms with E-state index >= 15 is 0 Å². The Bertz CT molecular complexity index is 469. The third-order valence-electron chi connectivity index (χ3n) is 2.54. The molecule has 1 aliphatic rings. The molecule has 1 fully saturated rings. The standard InChI is InChI=1S/C11H12ClN5O/c12-8-1-3-9(4-2-8)15-11(18)16-10-7(5-13)6-14-17-10/h1-4,7,10,14,17H,6H2,(H2,15,16,18). The number of hydrazine groups is 1. The number of anilines is 1. The predicted octanol–water partition coefficient (Wildman–Crippen LogP) is 1.04. The maximum absolute atomic E-state index is 11.7. The van der Waals surface area contributed by atoms with Gasteiger partial charge in [-0.05, 0) is 24.3 Å². The average molecular weight is 266 g/mol. The fourth-order valence-corrected chi connectivity index (χ4v) is 1.72. The Hall–Kier alpha value is -1.81. The first kappa shape index (κ1) is 12.6. The highest BCUT2D eigenvalue weighted by Gasteiger charge is 2.27. The minimum Gasteiger partial charge on any atom is -0.320 e. The van der Waals surface area contributed by atoms with Gasteiger partial charge in [-0.1, -0.05) is 11.6 Å². The lowest BCUT2D eigenvalue weighted by atomic mass is 10.1. The number of urea groups is 1. The van der Waals surface area contributed by atoms with Crippen LogP contribution in [0.2, 0.25) is 5.02 Å². The Morgan fingerprint density at radius 1 is 1.44 bits per heavy atom. The molecule has 4 N–H and O–H groups in total. The molecule has 0 bridgehead atoms. The summed E-state index contributed by atoms with van der Waals surface area (Å²) in [4.78, 5) is 11.7. The molecular formula is C11H12ClN5O. The van der Waals surface area contributed by atoms with Crippen molar-refractivity contribution in [2.75, 3.05) is 11.9 Å². The van der Waals surface area contributed by atoms with Crippen molar-refractivity contribution in [1.82, 2.24) is 16.2 Å². The van der Waals surface area contributed by atoms with E-state index in [4.69, 9.17) is 16.9 Å². The highest BCUT2D eigenvalue weighted by molar-refractivity contribution is 6.30. The maximum atomic E-state index is 11.7. The lowest BCUT2D eigenvalue weighted by Crippen LogP contribution is -2.48. The Morgan fingerprint density at radius 2 is 2.17 bits per heavy atom. The Kier molecular flexibility index (Phi) is 3.99. The van der Waals surface area contributed by atoms with E-state index < -0.39 is 6.17 Å². The number of nitriles is 1. The quantitative estimate of drug-likeness (QED) is 0.643. The highest BCUT2D eigenvalue weighted by atomic mass is 35.5. The van der Waals surface area contributed by atoms with Crippen molar-refractivity contribution >= 4 is 23.3 Å². The van der Waals surface area contributed by atoms with Crippen LogP contribution in [-0.4, -0.2) is 18.7 Å². The molecule has 0 radical (unpaired) electrons. The second-order valence-corrected chi connectivity index (χ2v) is 4.28. The molecule has 7 heteroatoms. The summed E-state index contributed by atoms with van der Waals surface area (Å²) < 4.78 is 0. The Balaban J connectivity index is 1.89. The van der Waals surface area contributed by atoms with Crippen molar-refractivity contribution in [3.05, 3.63) is 29.3 Å². The molecule has 94 valence electrons. The number of hydrogen-bond acceptors (Lipinski definition) is 4. The number of rotatable bonds is 2. The second-order valence-electron chi connectivity index (χ2n) is 3.84. The van der Waals surface area contributed by atoms with Crippen LogP contribution >= 0.6 is 11.6 Å². The van der Waals surface area contributed by atoms with Crippen LogP contribution in [-0.2, 0) is 0 Å². The van der Waals surface area contributed by atoms with Gasteiger partial charge in [0.05, 0.1) is 12.0 Å². The molecule has 2 atom stereocenters. The van der Waals surface area contributed by atoms with E-state index in [9.17, 15) is 4.79 Å². The van der Waals surface area contributed by atoms with Gasteiger partial charge in [-0.15, -0.1) is 0 Å². The number of nitrogens with one attached hydrogen (secondary N) is 4. The second kappa shape index (κ2) is 5.69. The molecule has 1 aromatic rings. The molecule has 1 aromatic carbocycles. The molecule has 1 heterocycles. The van der Waals surface area contributed by atoms with Crippen molar-refractivity contribution in [3.8, 4) is 6.07 Å². The van der Waals surface area contributed by atoms with Gasteiger partial charge in [0.15, 0.2) is 0 Å². The zero-order valence-electron chi connectivity index (χ0n) is 9.40. The number of amides is 2. The van der Waals surface area contributed by atoms with Crippen LogP contribution in [0.4, 0.5) is 10.5 Å². The zero-order valence-corrected chi connectivity index (χ0v) is 10.2. The summed E-state index contributed by atoms with van der Waals surface area (Å²) in [6.45, 7) is 0.502. The van der Waals surface area contributed by atoms with Crippen molar-refractivity contribution in [2.45, 2.75) is 6.17 Å². The monoisotopic (exact) mass is 265 g/mol. The molecule has 2 amide bonds. The molecule has 0 aliphatic carbocycles. The van der Waals surface area contributed by atoms with Crippen molar-refractivity contribution in [2.24, 2.45) is 5.92 Å². The molecule has 18 heavy (non-hydrogen) atoms. The van der Waals surface area contributed by atoms with E-state index in [0.717, 1.165) is 0 Å². The minimum atomic E-state index is -0.401. The molecule has 6 nitrogen and oxygen atoms in total. The van der Waals surface area contributed by atoms with E-state index in [-0.39, 0.29) is 11.9 Å². The molecule has 0 saturated carbocycles. The fraction of sp³-hybridized carbons (Fsp3) is 0.273. The van der Waals surface area contributed by atoms with Crippen LogP contribution in [0.15, 0.2) is 24.3 Å². The summed E-state index contributed by atoms with van der Waals surface area (Å²) in [6.07, 6.45) is -0.401. The third-order valence-corrected chi connectivity index (χ3v) is 2.79. The minimum absolute atomic E-state index is 0.291. The van der Waals surface area contributed by atoms with Gasteiger partial charge in [0.2, 0.25) is 0 Å². The van der Waals surface area contributed by atoms with Crippen molar-refractivity contribution in [3.63, 3.8) is 0 Å². The SMILES string of the molecule is N#CC1CNNC1NC(=O)Nc1ccc(Cl)cc1. The maximum Gasteiger partial charge on any atom is 0.320 e. The normalized spacial score (nSPS) is 22.2. The van der Waals surface area contributed by atoms with Crippen LogP contribution in [0.5, 0.6) is 0 Å². The Labute approximate surface area is 109 Å². The summed E-state index contributed by atoms with van der Waals surface area (Å²) >= 11 is 5.74. The molecule has 0 spiro atoms. The average Bonchev–Trinajstić information content (AvgIpc) is 2.79. The van der Waals surface area contributed by atoms with Gasteiger partial charge in [-0.25, -0.2) is 10.2 Å². The van der Waals surface area contributed by atoms with Gasteiger partial charge >= 0.3 is 6.03 Å². The molecule has 1 aliphatic heterocycles. The lowest BCUT2D eigenvalue weighted by molar-refractivity contribution is 0.245. The number of benzene rings is 1. The lowest BCUT2D eigenvalue weighted by Gasteiger charge is -2.15. The smallest absolute Gasteiger partial charge is 0.320 e. The number of carbonyl (C=O) groups excluding carboxylic acids is 1. The van der Waals surface area contributed by atoms with Gasteiger partial charge in [0.25, 0.3) is 0 Å². The molecule has 2 unspecified atom stereocenters. The summed E-state index contributed by atoms with van der Waals surface area (Å²) in [5, 5.41) is 14.8. The number of carbonyl (C=O) groups is 1. The summed E-state index contributed by atoms with van der Waals surface area (Å²) in [6, 6.07) is 8.50. The van der Waals surface area contributed by atoms with E-state index in [0.29, 0.717) is 17.3 Å².